The van der Waals surface area contributed by atoms with E-state index in [2.05, 4.69) is 19.7 Å². The number of primary amides is 1. The van der Waals surface area contributed by atoms with Crippen LogP contribution in [0.25, 0.3) is 22.5 Å². The first-order chi connectivity index (χ1) is 12.3. The molecule has 0 saturated heterocycles. The highest BCUT2D eigenvalue weighted by atomic mass is 35.5. The number of halogens is 3. The number of hydrogen-bond donors (Lipinski definition) is 1. The minimum atomic E-state index is -3.77. The molecule has 0 radical (unpaired) electrons. The van der Waals surface area contributed by atoms with Crippen LogP contribution >= 0.6 is 11.6 Å². The molecular weight excluding hydrogens is 366 g/mol. The molecule has 0 spiro atoms. The fourth-order valence-corrected chi connectivity index (χ4v) is 2.25. The van der Waals surface area contributed by atoms with Gasteiger partial charge in [0.05, 0.1) is 5.56 Å². The van der Waals surface area contributed by atoms with Crippen LogP contribution < -0.4 is 10.5 Å². The summed E-state index contributed by atoms with van der Waals surface area (Å²) in [6, 6.07) is 7.32. The summed E-state index contributed by atoms with van der Waals surface area (Å²) < 4.78 is 29.4. The molecule has 0 unspecified atom stereocenters. The zero-order valence-electron chi connectivity index (χ0n) is 13.1. The largest absolute Gasteiger partial charge is 0.487 e. The average Bonchev–Trinajstić information content (AvgIpc) is 2.61. The maximum absolute atomic E-state index is 12.6. The van der Waals surface area contributed by atoms with Crippen LogP contribution in [0.5, 0.6) is 5.75 Å². The van der Waals surface area contributed by atoms with E-state index < -0.39 is 11.5 Å². The van der Waals surface area contributed by atoms with Crippen molar-refractivity contribution in [2.24, 2.45) is 5.73 Å². The van der Waals surface area contributed by atoms with E-state index in [-0.39, 0.29) is 11.3 Å². The quantitative estimate of drug-likeness (QED) is 0.688. The minimum Gasteiger partial charge on any atom is -0.420 e. The zero-order valence-corrected chi connectivity index (χ0v) is 13.8. The molecular formula is C17H11ClF2N4O2. The molecule has 0 fully saturated rings. The smallest absolute Gasteiger partial charge is 0.420 e. The van der Waals surface area contributed by atoms with Gasteiger partial charge in [-0.15, -0.1) is 8.78 Å². The van der Waals surface area contributed by atoms with Gasteiger partial charge in [-0.1, -0.05) is 0 Å². The molecule has 0 saturated carbocycles. The van der Waals surface area contributed by atoms with Crippen LogP contribution in [0.15, 0.2) is 55.1 Å². The number of carbonyl (C=O) groups excluding carboxylic acids is 1. The van der Waals surface area contributed by atoms with Gasteiger partial charge in [0.2, 0.25) is 5.91 Å². The normalized spacial score (nSPS) is 11.2. The van der Waals surface area contributed by atoms with Crippen molar-refractivity contribution in [3.05, 3.63) is 60.7 Å². The van der Waals surface area contributed by atoms with Gasteiger partial charge in [0, 0.05) is 53.1 Å². The predicted molar refractivity (Wildman–Crippen MR) is 90.6 cm³/mol. The number of alkyl halides is 3. The van der Waals surface area contributed by atoms with Gasteiger partial charge in [-0.3, -0.25) is 9.78 Å². The van der Waals surface area contributed by atoms with E-state index >= 15 is 0 Å². The Morgan fingerprint density at radius 3 is 2.23 bits per heavy atom. The van der Waals surface area contributed by atoms with Crippen LogP contribution in [-0.2, 0) is 0 Å². The van der Waals surface area contributed by atoms with Crippen LogP contribution in [0.1, 0.15) is 10.4 Å². The van der Waals surface area contributed by atoms with Gasteiger partial charge in [-0.25, -0.2) is 9.97 Å². The highest BCUT2D eigenvalue weighted by Crippen LogP contribution is 2.27. The topological polar surface area (TPSA) is 91.0 Å². The first kappa shape index (κ1) is 17.7. The molecule has 0 aliphatic carbocycles. The highest BCUT2D eigenvalue weighted by molar-refractivity contribution is 6.20. The lowest BCUT2D eigenvalue weighted by Crippen LogP contribution is -2.15. The van der Waals surface area contributed by atoms with Gasteiger partial charge in [-0.2, -0.15) is 0 Å². The molecule has 26 heavy (non-hydrogen) atoms. The molecule has 0 bridgehead atoms. The number of nitrogens with zero attached hydrogens (tertiary/aromatic N) is 3. The zero-order chi connectivity index (χ0) is 18.7. The predicted octanol–water partition coefficient (Wildman–Crippen LogP) is 3.47. The van der Waals surface area contributed by atoms with Crippen molar-refractivity contribution >= 4 is 17.5 Å². The van der Waals surface area contributed by atoms with Crippen molar-refractivity contribution in [3.8, 4) is 28.3 Å². The van der Waals surface area contributed by atoms with E-state index in [4.69, 9.17) is 17.3 Å². The maximum atomic E-state index is 12.6. The van der Waals surface area contributed by atoms with Crippen LogP contribution in [0, 0.1) is 0 Å². The first-order valence-electron chi connectivity index (χ1n) is 7.25. The molecule has 6 nitrogen and oxygen atoms in total. The molecule has 1 aromatic carbocycles. The maximum Gasteiger partial charge on any atom is 0.487 e. The van der Waals surface area contributed by atoms with Gasteiger partial charge < -0.3 is 10.5 Å². The van der Waals surface area contributed by atoms with E-state index in [0.717, 1.165) is 0 Å². The number of amides is 1. The molecule has 9 heteroatoms. The fourth-order valence-electron chi connectivity index (χ4n) is 2.16. The minimum absolute atomic E-state index is 0.0836. The second kappa shape index (κ2) is 7.01. The Morgan fingerprint density at radius 1 is 1.00 bits per heavy atom. The number of benzene rings is 1. The lowest BCUT2D eigenvalue weighted by molar-refractivity contribution is -0.0964. The number of aromatic nitrogens is 3. The van der Waals surface area contributed by atoms with Crippen LogP contribution in [-0.4, -0.2) is 26.4 Å². The summed E-state index contributed by atoms with van der Waals surface area (Å²) in [5.41, 5.74) is 3.63. The van der Waals surface area contributed by atoms with Gasteiger partial charge in [0.15, 0.2) is 5.82 Å². The molecule has 2 heterocycles. The Kier molecular flexibility index (Phi) is 4.77. The van der Waals surface area contributed by atoms with Gasteiger partial charge >= 0.3 is 5.57 Å². The molecule has 132 valence electrons. The third-order valence-corrected chi connectivity index (χ3v) is 3.43. The standard InChI is InChI=1S/C17H11ClF2N4O2/c18-17(19,20)26-14-3-1-10(2-4-14)16-23-8-13(9-24-16)11-5-12(15(21)25)7-22-6-11/h1-9H,(H2,21,25). The first-order valence-corrected chi connectivity index (χ1v) is 7.63. The van der Waals surface area contributed by atoms with Crippen molar-refractivity contribution in [2.75, 3.05) is 0 Å². The summed E-state index contributed by atoms with van der Waals surface area (Å²) in [5.74, 6) is -0.279. The summed E-state index contributed by atoms with van der Waals surface area (Å²) in [6.45, 7) is 0. The molecule has 0 aliphatic rings. The summed E-state index contributed by atoms with van der Waals surface area (Å²) in [5, 5.41) is 0. The average molecular weight is 377 g/mol. The van der Waals surface area contributed by atoms with Crippen molar-refractivity contribution in [3.63, 3.8) is 0 Å². The SMILES string of the molecule is NC(=O)c1cncc(-c2cnc(-c3ccc(OC(F)(F)Cl)cc3)nc2)c1. The number of rotatable bonds is 5. The van der Waals surface area contributed by atoms with Crippen molar-refractivity contribution in [1.82, 2.24) is 15.0 Å². The van der Waals surface area contributed by atoms with E-state index in [1.165, 1.54) is 30.5 Å². The van der Waals surface area contributed by atoms with E-state index in [9.17, 15) is 13.6 Å². The van der Waals surface area contributed by atoms with E-state index in [1.54, 1.807) is 24.7 Å². The number of pyridine rings is 1. The molecule has 2 N–H and O–H groups in total. The van der Waals surface area contributed by atoms with Gasteiger partial charge in [-0.05, 0) is 30.3 Å². The molecule has 0 atom stereocenters. The van der Waals surface area contributed by atoms with E-state index in [0.29, 0.717) is 22.5 Å². The third-order valence-electron chi connectivity index (χ3n) is 3.35. The second-order valence-corrected chi connectivity index (χ2v) is 5.63. The Hall–Kier alpha value is -3.13. The Balaban J connectivity index is 1.81. The van der Waals surface area contributed by atoms with Crippen LogP contribution in [0.4, 0.5) is 8.78 Å². The number of nitrogens with two attached hydrogens (primary N) is 1. The monoisotopic (exact) mass is 376 g/mol. The summed E-state index contributed by atoms with van der Waals surface area (Å²) >= 11 is 4.72. The highest BCUT2D eigenvalue weighted by Gasteiger charge is 2.27. The summed E-state index contributed by atoms with van der Waals surface area (Å²) in [7, 11) is 0. The van der Waals surface area contributed by atoms with Crippen molar-refractivity contribution in [2.45, 2.75) is 5.57 Å². The van der Waals surface area contributed by atoms with Crippen molar-refractivity contribution in [1.29, 1.82) is 0 Å². The van der Waals surface area contributed by atoms with Crippen LogP contribution in [0.2, 0.25) is 0 Å². The molecule has 0 aliphatic heterocycles. The summed E-state index contributed by atoms with van der Waals surface area (Å²) in [4.78, 5) is 23.7. The lowest BCUT2D eigenvalue weighted by atomic mass is 10.1. The third kappa shape index (κ3) is 4.28. The van der Waals surface area contributed by atoms with Crippen molar-refractivity contribution < 1.29 is 18.3 Å². The number of ether oxygens (including phenoxy) is 1. The molecule has 3 aromatic rings. The Morgan fingerprint density at radius 2 is 1.65 bits per heavy atom. The Bertz CT molecular complexity index is 929. The summed E-state index contributed by atoms with van der Waals surface area (Å²) in [6.07, 6.45) is 6.04. The second-order valence-electron chi connectivity index (χ2n) is 5.19. The number of hydrogen-bond acceptors (Lipinski definition) is 5. The lowest BCUT2D eigenvalue weighted by Gasteiger charge is -2.10. The molecule has 2 aromatic heterocycles. The number of carbonyl (C=O) groups is 1. The molecule has 3 rings (SSSR count). The Labute approximate surface area is 151 Å². The van der Waals surface area contributed by atoms with Gasteiger partial charge in [0.1, 0.15) is 5.75 Å². The molecule has 1 amide bonds. The fraction of sp³-hybridized carbons (Fsp3) is 0.0588. The van der Waals surface area contributed by atoms with E-state index in [1.807, 2.05) is 0 Å². The van der Waals surface area contributed by atoms with Crippen LogP contribution in [0.3, 0.4) is 0 Å². The van der Waals surface area contributed by atoms with Gasteiger partial charge in [0.25, 0.3) is 0 Å².